The smallest absolute Gasteiger partial charge is 0.0210 e. The van der Waals surface area contributed by atoms with Crippen molar-refractivity contribution in [2.75, 3.05) is 0 Å². The Hall–Kier alpha value is -0.820. The molecule has 2 atom stereocenters. The van der Waals surface area contributed by atoms with Gasteiger partial charge in [0, 0.05) is 12.6 Å². The molecule has 1 aliphatic rings. The fraction of sp³-hybridized carbons (Fsp3) is 0.625. The maximum absolute atomic E-state index is 3.74. The molecule has 0 radical (unpaired) electrons. The third kappa shape index (κ3) is 3.32. The summed E-state index contributed by atoms with van der Waals surface area (Å²) in [6.07, 6.45) is 6.66. The van der Waals surface area contributed by atoms with Gasteiger partial charge in [-0.1, -0.05) is 44.5 Å². The summed E-state index contributed by atoms with van der Waals surface area (Å²) >= 11 is 0. The van der Waals surface area contributed by atoms with E-state index in [0.717, 1.165) is 24.9 Å². The molecule has 1 aliphatic carbocycles. The van der Waals surface area contributed by atoms with Gasteiger partial charge >= 0.3 is 0 Å². The predicted octanol–water partition coefficient (Wildman–Crippen LogP) is 3.92. The molecule has 1 heteroatoms. The average molecular weight is 231 g/mol. The second-order valence-corrected chi connectivity index (χ2v) is 5.29. The van der Waals surface area contributed by atoms with E-state index in [2.05, 4.69) is 43.4 Å². The lowest BCUT2D eigenvalue weighted by Crippen LogP contribution is -2.26. The first kappa shape index (κ1) is 12.6. The van der Waals surface area contributed by atoms with Crippen LogP contribution in [0.4, 0.5) is 0 Å². The van der Waals surface area contributed by atoms with Gasteiger partial charge in [-0.15, -0.1) is 0 Å². The average Bonchev–Trinajstić information content (AvgIpc) is 2.84. The number of hydrogen-bond acceptors (Lipinski definition) is 1. The van der Waals surface area contributed by atoms with Crippen LogP contribution in [-0.4, -0.2) is 6.04 Å². The fourth-order valence-corrected chi connectivity index (χ4v) is 2.96. The minimum atomic E-state index is 0.755. The number of nitrogens with one attached hydrogen (secondary N) is 1. The molecule has 1 saturated carbocycles. The zero-order valence-corrected chi connectivity index (χ0v) is 11.2. The second-order valence-electron chi connectivity index (χ2n) is 5.29. The van der Waals surface area contributed by atoms with Gasteiger partial charge in [-0.3, -0.25) is 0 Å². The summed E-state index contributed by atoms with van der Waals surface area (Å²) in [5, 5.41) is 3.74. The van der Waals surface area contributed by atoms with Crippen molar-refractivity contribution in [3.05, 3.63) is 35.4 Å². The Labute approximate surface area is 106 Å². The van der Waals surface area contributed by atoms with Gasteiger partial charge < -0.3 is 5.32 Å². The van der Waals surface area contributed by atoms with Crippen molar-refractivity contribution in [3.8, 4) is 0 Å². The quantitative estimate of drug-likeness (QED) is 0.810. The largest absolute Gasteiger partial charge is 0.310 e. The molecule has 1 N–H and O–H groups in total. The zero-order valence-electron chi connectivity index (χ0n) is 11.2. The Balaban J connectivity index is 1.85. The Morgan fingerprint density at radius 1 is 1.12 bits per heavy atom. The van der Waals surface area contributed by atoms with E-state index in [1.54, 1.807) is 0 Å². The highest BCUT2D eigenvalue weighted by atomic mass is 14.9. The van der Waals surface area contributed by atoms with Crippen LogP contribution in [0.15, 0.2) is 24.3 Å². The third-order valence-electron chi connectivity index (χ3n) is 4.20. The summed E-state index contributed by atoms with van der Waals surface area (Å²) in [7, 11) is 0. The summed E-state index contributed by atoms with van der Waals surface area (Å²) in [6, 6.07) is 9.56. The highest BCUT2D eigenvalue weighted by molar-refractivity contribution is 5.26. The molecule has 2 rings (SSSR count). The first-order chi connectivity index (χ1) is 8.33. The van der Waals surface area contributed by atoms with E-state index >= 15 is 0 Å². The highest BCUT2D eigenvalue weighted by Crippen LogP contribution is 2.28. The Kier molecular flexibility index (Phi) is 4.61. The topological polar surface area (TPSA) is 12.0 Å². The summed E-state index contributed by atoms with van der Waals surface area (Å²) in [6.45, 7) is 5.60. The van der Waals surface area contributed by atoms with Crippen molar-refractivity contribution in [3.63, 3.8) is 0 Å². The molecule has 17 heavy (non-hydrogen) atoms. The predicted molar refractivity (Wildman–Crippen MR) is 74.1 cm³/mol. The lowest BCUT2D eigenvalue weighted by molar-refractivity contribution is 0.476. The lowest BCUT2D eigenvalue weighted by Gasteiger charge is -2.14. The molecule has 0 saturated heterocycles. The van der Waals surface area contributed by atoms with Crippen molar-refractivity contribution >= 4 is 0 Å². The molecule has 1 aromatic carbocycles. The first-order valence-electron chi connectivity index (χ1n) is 7.13. The molecule has 1 aromatic rings. The van der Waals surface area contributed by atoms with Crippen molar-refractivity contribution in [1.29, 1.82) is 0 Å². The summed E-state index contributed by atoms with van der Waals surface area (Å²) in [4.78, 5) is 0. The molecule has 0 spiro atoms. The Morgan fingerprint density at radius 3 is 2.53 bits per heavy atom. The van der Waals surface area contributed by atoms with E-state index in [1.165, 1.54) is 36.8 Å². The monoisotopic (exact) mass is 231 g/mol. The van der Waals surface area contributed by atoms with E-state index in [-0.39, 0.29) is 0 Å². The molecule has 0 aromatic heterocycles. The Bertz CT molecular complexity index is 345. The summed E-state index contributed by atoms with van der Waals surface area (Å²) < 4.78 is 0. The number of benzene rings is 1. The third-order valence-corrected chi connectivity index (χ3v) is 4.20. The van der Waals surface area contributed by atoms with Crippen molar-refractivity contribution in [1.82, 2.24) is 5.32 Å². The van der Waals surface area contributed by atoms with Gasteiger partial charge in [0.25, 0.3) is 0 Å². The molecule has 0 bridgehead atoms. The van der Waals surface area contributed by atoms with E-state index in [9.17, 15) is 0 Å². The minimum Gasteiger partial charge on any atom is -0.310 e. The van der Waals surface area contributed by atoms with E-state index < -0.39 is 0 Å². The first-order valence-corrected chi connectivity index (χ1v) is 7.13. The lowest BCUT2D eigenvalue weighted by atomic mass is 10.0. The van der Waals surface area contributed by atoms with Crippen LogP contribution < -0.4 is 5.32 Å². The van der Waals surface area contributed by atoms with Crippen LogP contribution in [0.2, 0.25) is 0 Å². The van der Waals surface area contributed by atoms with E-state index in [0.29, 0.717) is 0 Å². The molecule has 94 valence electrons. The Morgan fingerprint density at radius 2 is 1.88 bits per heavy atom. The minimum absolute atomic E-state index is 0.755. The number of hydrogen-bond donors (Lipinski definition) is 1. The van der Waals surface area contributed by atoms with Gasteiger partial charge in [-0.05, 0) is 42.7 Å². The molecule has 0 heterocycles. The van der Waals surface area contributed by atoms with Gasteiger partial charge in [0.1, 0.15) is 0 Å². The van der Waals surface area contributed by atoms with Gasteiger partial charge in [-0.2, -0.15) is 0 Å². The van der Waals surface area contributed by atoms with Crippen LogP contribution in [0.5, 0.6) is 0 Å². The van der Waals surface area contributed by atoms with Gasteiger partial charge in [0.15, 0.2) is 0 Å². The van der Waals surface area contributed by atoms with E-state index in [4.69, 9.17) is 0 Å². The van der Waals surface area contributed by atoms with Crippen LogP contribution >= 0.6 is 0 Å². The van der Waals surface area contributed by atoms with Crippen LogP contribution in [0, 0.1) is 5.92 Å². The molecular weight excluding hydrogens is 206 g/mol. The number of rotatable bonds is 5. The maximum Gasteiger partial charge on any atom is 0.0210 e. The number of aryl methyl sites for hydroxylation is 1. The molecule has 2 unspecified atom stereocenters. The van der Waals surface area contributed by atoms with Crippen LogP contribution in [-0.2, 0) is 13.0 Å². The van der Waals surface area contributed by atoms with Gasteiger partial charge in [0.2, 0.25) is 0 Å². The maximum atomic E-state index is 3.74. The molecule has 0 aliphatic heterocycles. The molecular formula is C16H25N. The standard InChI is InChI=1S/C16H25N/c1-3-13-9-10-16(11-13)17-12-15-8-6-5-7-14(15)4-2/h5-8,13,16-17H,3-4,9-12H2,1-2H3. The molecule has 1 fully saturated rings. The van der Waals surface area contributed by atoms with Crippen LogP contribution in [0.3, 0.4) is 0 Å². The van der Waals surface area contributed by atoms with Crippen molar-refractivity contribution in [2.45, 2.75) is 58.5 Å². The zero-order chi connectivity index (χ0) is 12.1. The van der Waals surface area contributed by atoms with Crippen LogP contribution in [0.1, 0.15) is 50.7 Å². The fourth-order valence-electron chi connectivity index (χ4n) is 2.96. The van der Waals surface area contributed by atoms with E-state index in [1.807, 2.05) is 0 Å². The van der Waals surface area contributed by atoms with Crippen molar-refractivity contribution < 1.29 is 0 Å². The molecule has 0 amide bonds. The van der Waals surface area contributed by atoms with Crippen LogP contribution in [0.25, 0.3) is 0 Å². The molecule has 1 nitrogen and oxygen atoms in total. The second kappa shape index (κ2) is 6.20. The summed E-state index contributed by atoms with van der Waals surface area (Å²) in [5.41, 5.74) is 2.97. The van der Waals surface area contributed by atoms with Gasteiger partial charge in [-0.25, -0.2) is 0 Å². The van der Waals surface area contributed by atoms with Crippen molar-refractivity contribution in [2.24, 2.45) is 5.92 Å². The highest BCUT2D eigenvalue weighted by Gasteiger charge is 2.22. The normalized spacial score (nSPS) is 24.1. The SMILES string of the molecule is CCc1ccccc1CNC1CCC(CC)C1. The summed E-state index contributed by atoms with van der Waals surface area (Å²) in [5.74, 6) is 0.967. The van der Waals surface area contributed by atoms with Gasteiger partial charge in [0.05, 0.1) is 0 Å².